The second-order valence-electron chi connectivity index (χ2n) is 6.74. The van der Waals surface area contributed by atoms with Crippen molar-refractivity contribution < 1.29 is 14.4 Å². The molecule has 0 bridgehead atoms. The minimum absolute atomic E-state index is 0.0281. The zero-order valence-electron chi connectivity index (χ0n) is 15.8. The summed E-state index contributed by atoms with van der Waals surface area (Å²) in [5, 5.41) is 8.50. The Labute approximate surface area is 164 Å². The average molecular weight is 380 g/mol. The quantitative estimate of drug-likeness (QED) is 0.719. The van der Waals surface area contributed by atoms with Crippen molar-refractivity contribution in [1.29, 1.82) is 0 Å². The molecule has 1 heterocycles. The zero-order valence-corrected chi connectivity index (χ0v) is 15.8. The van der Waals surface area contributed by atoms with Crippen molar-refractivity contribution in [3.63, 3.8) is 0 Å². The van der Waals surface area contributed by atoms with Gasteiger partial charge in [-0.05, 0) is 49.2 Å². The van der Waals surface area contributed by atoms with E-state index in [1.54, 1.807) is 42.5 Å². The van der Waals surface area contributed by atoms with Gasteiger partial charge in [0.2, 0.25) is 11.8 Å². The molecule has 0 aliphatic carbocycles. The Kier molecular flexibility index (Phi) is 6.26. The molecule has 1 aliphatic rings. The van der Waals surface area contributed by atoms with E-state index in [0.717, 1.165) is 25.9 Å². The summed E-state index contributed by atoms with van der Waals surface area (Å²) in [6.45, 7) is 3.09. The van der Waals surface area contributed by atoms with Crippen molar-refractivity contribution in [3.05, 3.63) is 54.1 Å². The molecule has 0 atom stereocenters. The van der Waals surface area contributed by atoms with Crippen molar-refractivity contribution in [1.82, 2.24) is 4.90 Å². The maximum Gasteiger partial charge on any atom is 0.253 e. The molecule has 3 rings (SSSR count). The zero-order chi connectivity index (χ0) is 19.9. The van der Waals surface area contributed by atoms with Crippen LogP contribution in [-0.4, -0.2) is 42.3 Å². The molecule has 1 aliphatic heterocycles. The molecule has 0 saturated carbocycles. The Morgan fingerprint density at radius 1 is 0.893 bits per heavy atom. The summed E-state index contributed by atoms with van der Waals surface area (Å²) in [6, 6.07) is 14.1. The van der Waals surface area contributed by atoms with Crippen LogP contribution in [0.15, 0.2) is 48.5 Å². The molecule has 3 amide bonds. The van der Waals surface area contributed by atoms with Gasteiger partial charge in [-0.15, -0.1) is 0 Å². The molecule has 1 saturated heterocycles. The van der Waals surface area contributed by atoms with Crippen LogP contribution in [0.5, 0.6) is 0 Å². The predicted octanol–water partition coefficient (Wildman–Crippen LogP) is 2.93. The highest BCUT2D eigenvalue weighted by Crippen LogP contribution is 2.17. The van der Waals surface area contributed by atoms with E-state index in [0.29, 0.717) is 22.6 Å². The maximum absolute atomic E-state index is 12.5. The highest BCUT2D eigenvalue weighted by atomic mass is 16.2. The third-order valence-corrected chi connectivity index (χ3v) is 4.42. The molecule has 2 aromatic rings. The molecule has 7 heteroatoms. The third kappa shape index (κ3) is 5.33. The van der Waals surface area contributed by atoms with Crippen molar-refractivity contribution in [2.24, 2.45) is 0 Å². The number of hydrogen-bond acceptors (Lipinski definition) is 4. The number of carbonyl (C=O) groups is 3. The highest BCUT2D eigenvalue weighted by molar-refractivity contribution is 5.97. The number of hydrogen-bond donors (Lipinski definition) is 3. The first-order chi connectivity index (χ1) is 13.5. The number of nitrogens with one attached hydrogen (secondary N) is 3. The molecule has 3 N–H and O–H groups in total. The van der Waals surface area contributed by atoms with Crippen LogP contribution in [0.3, 0.4) is 0 Å². The van der Waals surface area contributed by atoms with E-state index in [2.05, 4.69) is 16.0 Å². The number of benzene rings is 2. The van der Waals surface area contributed by atoms with E-state index in [9.17, 15) is 14.4 Å². The number of carbonyl (C=O) groups excluding carboxylic acids is 3. The largest absolute Gasteiger partial charge is 0.376 e. The molecule has 7 nitrogen and oxygen atoms in total. The van der Waals surface area contributed by atoms with Gasteiger partial charge >= 0.3 is 0 Å². The SMILES string of the molecule is CC(=O)Nc1cccc(NC(=O)CNc2cccc(C(=O)N3CCCC3)c2)c1. The number of nitrogens with zero attached hydrogens (tertiary/aromatic N) is 1. The van der Waals surface area contributed by atoms with Crippen molar-refractivity contribution in [2.75, 3.05) is 35.6 Å². The van der Waals surface area contributed by atoms with Gasteiger partial charge in [0, 0.05) is 42.6 Å². The average Bonchev–Trinajstić information content (AvgIpc) is 3.20. The number of amides is 3. The van der Waals surface area contributed by atoms with Gasteiger partial charge in [-0.1, -0.05) is 12.1 Å². The first-order valence-electron chi connectivity index (χ1n) is 9.32. The van der Waals surface area contributed by atoms with Gasteiger partial charge in [0.1, 0.15) is 0 Å². The van der Waals surface area contributed by atoms with Gasteiger partial charge < -0.3 is 20.9 Å². The maximum atomic E-state index is 12.5. The number of rotatable bonds is 6. The van der Waals surface area contributed by atoms with E-state index in [4.69, 9.17) is 0 Å². The van der Waals surface area contributed by atoms with Gasteiger partial charge in [0.05, 0.1) is 6.54 Å². The van der Waals surface area contributed by atoms with E-state index >= 15 is 0 Å². The standard InChI is InChI=1S/C21H24N4O3/c1-15(26)23-18-8-5-9-19(13-18)24-20(27)14-22-17-7-4-6-16(12-17)21(28)25-10-2-3-11-25/h4-9,12-13,22H,2-3,10-11,14H2,1H3,(H,23,26)(H,24,27). The first kappa shape index (κ1) is 19.4. The fraction of sp³-hybridized carbons (Fsp3) is 0.286. The normalized spacial score (nSPS) is 13.1. The fourth-order valence-corrected chi connectivity index (χ4v) is 3.13. The number of likely N-dealkylation sites (tertiary alicyclic amines) is 1. The van der Waals surface area contributed by atoms with Crippen LogP contribution in [-0.2, 0) is 9.59 Å². The molecule has 2 aromatic carbocycles. The van der Waals surface area contributed by atoms with Crippen LogP contribution in [0.1, 0.15) is 30.1 Å². The van der Waals surface area contributed by atoms with Crippen LogP contribution >= 0.6 is 0 Å². The molecule has 0 unspecified atom stereocenters. The van der Waals surface area contributed by atoms with Crippen LogP contribution in [0.25, 0.3) is 0 Å². The molecule has 0 spiro atoms. The summed E-state index contributed by atoms with van der Waals surface area (Å²) in [4.78, 5) is 37.7. The minimum atomic E-state index is -0.226. The molecule has 1 fully saturated rings. The summed E-state index contributed by atoms with van der Waals surface area (Å²) >= 11 is 0. The second kappa shape index (κ2) is 9.03. The van der Waals surface area contributed by atoms with Crippen molar-refractivity contribution in [2.45, 2.75) is 19.8 Å². The summed E-state index contributed by atoms with van der Waals surface area (Å²) in [5.74, 6) is -0.370. The Hall–Kier alpha value is -3.35. The Morgan fingerprint density at radius 3 is 2.25 bits per heavy atom. The third-order valence-electron chi connectivity index (χ3n) is 4.42. The van der Waals surface area contributed by atoms with E-state index < -0.39 is 0 Å². The molecule has 146 valence electrons. The van der Waals surface area contributed by atoms with E-state index in [1.807, 2.05) is 11.0 Å². The van der Waals surface area contributed by atoms with Gasteiger partial charge in [0.25, 0.3) is 5.91 Å². The molecule has 0 aromatic heterocycles. The molecular formula is C21H24N4O3. The lowest BCUT2D eigenvalue weighted by molar-refractivity contribution is -0.115. The van der Waals surface area contributed by atoms with Gasteiger partial charge in [-0.25, -0.2) is 0 Å². The van der Waals surface area contributed by atoms with Crippen molar-refractivity contribution in [3.8, 4) is 0 Å². The minimum Gasteiger partial charge on any atom is -0.376 e. The fourth-order valence-electron chi connectivity index (χ4n) is 3.13. The first-order valence-corrected chi connectivity index (χ1v) is 9.32. The van der Waals surface area contributed by atoms with E-state index in [-0.39, 0.29) is 24.3 Å². The Balaban J connectivity index is 1.55. The highest BCUT2D eigenvalue weighted by Gasteiger charge is 2.19. The van der Waals surface area contributed by atoms with Gasteiger partial charge in [-0.2, -0.15) is 0 Å². The topological polar surface area (TPSA) is 90.5 Å². The lowest BCUT2D eigenvalue weighted by Crippen LogP contribution is -2.27. The second-order valence-corrected chi connectivity index (χ2v) is 6.74. The number of anilines is 3. The summed E-state index contributed by atoms with van der Waals surface area (Å²) in [6.07, 6.45) is 2.10. The lowest BCUT2D eigenvalue weighted by Gasteiger charge is -2.16. The Morgan fingerprint density at radius 2 is 1.54 bits per heavy atom. The molecule has 28 heavy (non-hydrogen) atoms. The monoisotopic (exact) mass is 380 g/mol. The van der Waals surface area contributed by atoms with Crippen LogP contribution in [0, 0.1) is 0 Å². The molecule has 0 radical (unpaired) electrons. The van der Waals surface area contributed by atoms with Crippen LogP contribution in [0.2, 0.25) is 0 Å². The smallest absolute Gasteiger partial charge is 0.253 e. The van der Waals surface area contributed by atoms with Gasteiger partial charge in [0.15, 0.2) is 0 Å². The van der Waals surface area contributed by atoms with Crippen LogP contribution in [0.4, 0.5) is 17.1 Å². The predicted molar refractivity (Wildman–Crippen MR) is 109 cm³/mol. The van der Waals surface area contributed by atoms with E-state index in [1.165, 1.54) is 6.92 Å². The Bertz CT molecular complexity index is 875. The summed E-state index contributed by atoms with van der Waals surface area (Å²) in [7, 11) is 0. The van der Waals surface area contributed by atoms with Crippen molar-refractivity contribution >= 4 is 34.8 Å². The van der Waals surface area contributed by atoms with Gasteiger partial charge in [-0.3, -0.25) is 14.4 Å². The summed E-state index contributed by atoms with van der Waals surface area (Å²) in [5.41, 5.74) is 2.55. The van der Waals surface area contributed by atoms with Crippen LogP contribution < -0.4 is 16.0 Å². The molecular weight excluding hydrogens is 356 g/mol. The lowest BCUT2D eigenvalue weighted by atomic mass is 10.1. The summed E-state index contributed by atoms with van der Waals surface area (Å²) < 4.78 is 0.